The van der Waals surface area contributed by atoms with Gasteiger partial charge in [-0.3, -0.25) is 14.9 Å². The maximum Gasteiger partial charge on any atom is 0.321 e. The lowest BCUT2D eigenvalue weighted by atomic mass is 10.1. The zero-order valence-electron chi connectivity index (χ0n) is 8.00. The van der Waals surface area contributed by atoms with Gasteiger partial charge >= 0.3 is 11.9 Å². The molecule has 5 nitrogen and oxygen atoms in total. The number of carbonyl (C=O) groups is 2. The number of hydrogen-bond donors (Lipinski definition) is 3. The van der Waals surface area contributed by atoms with Gasteiger partial charge in [-0.05, 0) is 20.8 Å². The highest BCUT2D eigenvalue weighted by Gasteiger charge is 2.25. The lowest BCUT2D eigenvalue weighted by molar-refractivity contribution is -0.146. The normalized spacial score (nSPS) is 13.8. The van der Waals surface area contributed by atoms with Crippen LogP contribution in [0.5, 0.6) is 0 Å². The van der Waals surface area contributed by atoms with Crippen molar-refractivity contribution < 1.29 is 19.8 Å². The lowest BCUT2D eigenvalue weighted by Gasteiger charge is -2.24. The number of carboxylic acid groups (broad SMARTS) is 2. The summed E-state index contributed by atoms with van der Waals surface area (Å²) in [5.41, 5.74) is -0.404. The fraction of sp³-hybridized carbons (Fsp3) is 0.750. The van der Waals surface area contributed by atoms with Crippen molar-refractivity contribution in [3.05, 3.63) is 0 Å². The minimum Gasteiger partial charge on any atom is -0.481 e. The zero-order valence-corrected chi connectivity index (χ0v) is 8.00. The molecule has 0 aromatic heterocycles. The van der Waals surface area contributed by atoms with Crippen LogP contribution in [0.4, 0.5) is 0 Å². The second-order valence-electron chi connectivity index (χ2n) is 3.88. The van der Waals surface area contributed by atoms with Crippen molar-refractivity contribution in [2.24, 2.45) is 0 Å². The van der Waals surface area contributed by atoms with Crippen molar-refractivity contribution in [1.82, 2.24) is 5.32 Å². The molecular formula is C8H15NO4. The molecule has 0 aliphatic carbocycles. The van der Waals surface area contributed by atoms with Crippen molar-refractivity contribution in [2.45, 2.75) is 38.8 Å². The molecule has 0 rings (SSSR count). The van der Waals surface area contributed by atoms with Gasteiger partial charge in [-0.25, -0.2) is 0 Å². The fourth-order valence-corrected chi connectivity index (χ4v) is 0.897. The van der Waals surface area contributed by atoms with Crippen LogP contribution in [-0.2, 0) is 9.59 Å². The highest BCUT2D eigenvalue weighted by molar-refractivity contribution is 5.80. The summed E-state index contributed by atoms with van der Waals surface area (Å²) in [6.45, 7) is 5.35. The molecule has 0 aliphatic heterocycles. The molecule has 0 saturated heterocycles. The molecule has 13 heavy (non-hydrogen) atoms. The van der Waals surface area contributed by atoms with Crippen LogP contribution in [0.1, 0.15) is 27.2 Å². The largest absolute Gasteiger partial charge is 0.481 e. The monoisotopic (exact) mass is 189 g/mol. The number of carboxylic acids is 2. The molecule has 0 aliphatic rings. The smallest absolute Gasteiger partial charge is 0.321 e. The molecule has 0 bridgehead atoms. The van der Waals surface area contributed by atoms with Gasteiger partial charge < -0.3 is 10.2 Å². The topological polar surface area (TPSA) is 86.6 Å². The van der Waals surface area contributed by atoms with E-state index in [2.05, 4.69) is 5.32 Å². The van der Waals surface area contributed by atoms with Crippen LogP contribution in [0.3, 0.4) is 0 Å². The van der Waals surface area contributed by atoms with Crippen LogP contribution >= 0.6 is 0 Å². The van der Waals surface area contributed by atoms with E-state index in [-0.39, 0.29) is 0 Å². The summed E-state index contributed by atoms with van der Waals surface area (Å²) < 4.78 is 0. The molecular weight excluding hydrogens is 174 g/mol. The second kappa shape index (κ2) is 4.23. The maximum absolute atomic E-state index is 10.6. The Morgan fingerprint density at radius 1 is 1.31 bits per heavy atom. The van der Waals surface area contributed by atoms with E-state index in [0.29, 0.717) is 0 Å². The molecule has 1 atom stereocenters. The molecule has 0 amide bonds. The quantitative estimate of drug-likeness (QED) is 0.592. The Kier molecular flexibility index (Phi) is 3.87. The third-order valence-electron chi connectivity index (χ3n) is 1.28. The number of aliphatic carboxylic acids is 2. The molecule has 1 unspecified atom stereocenters. The van der Waals surface area contributed by atoms with Crippen LogP contribution in [0.25, 0.3) is 0 Å². The maximum atomic E-state index is 10.6. The Morgan fingerprint density at radius 2 is 1.77 bits per heavy atom. The molecule has 0 saturated carbocycles. The average molecular weight is 189 g/mol. The van der Waals surface area contributed by atoms with E-state index in [9.17, 15) is 9.59 Å². The Hall–Kier alpha value is -1.10. The predicted molar refractivity (Wildman–Crippen MR) is 46.6 cm³/mol. The van der Waals surface area contributed by atoms with Crippen molar-refractivity contribution in [1.29, 1.82) is 0 Å². The summed E-state index contributed by atoms with van der Waals surface area (Å²) in [6, 6.07) is -1.03. The first-order valence-electron chi connectivity index (χ1n) is 3.94. The Bertz CT molecular complexity index is 207. The van der Waals surface area contributed by atoms with Gasteiger partial charge in [0.1, 0.15) is 6.04 Å². The first-order valence-corrected chi connectivity index (χ1v) is 3.94. The van der Waals surface area contributed by atoms with Crippen LogP contribution in [0.15, 0.2) is 0 Å². The Labute approximate surface area is 76.8 Å². The standard InChI is InChI=1S/C8H15NO4/c1-8(2,3)9-5(7(12)13)4-6(10)11/h5,9H,4H2,1-3H3,(H,10,11)(H,12,13). The predicted octanol–water partition coefficient (Wildman–Crippen LogP) is 0.302. The summed E-state index contributed by atoms with van der Waals surface area (Å²) in [4.78, 5) is 20.9. The van der Waals surface area contributed by atoms with Gasteiger partial charge in [-0.15, -0.1) is 0 Å². The number of rotatable bonds is 4. The Balaban J connectivity index is 4.27. The average Bonchev–Trinajstić information content (AvgIpc) is 1.81. The Morgan fingerprint density at radius 3 is 2.00 bits per heavy atom. The van der Waals surface area contributed by atoms with Gasteiger partial charge in [0.05, 0.1) is 6.42 Å². The molecule has 3 N–H and O–H groups in total. The van der Waals surface area contributed by atoms with E-state index in [4.69, 9.17) is 10.2 Å². The van der Waals surface area contributed by atoms with Gasteiger partial charge in [0.25, 0.3) is 0 Å². The van der Waals surface area contributed by atoms with E-state index < -0.39 is 29.9 Å². The van der Waals surface area contributed by atoms with E-state index in [0.717, 1.165) is 0 Å². The highest BCUT2D eigenvalue weighted by atomic mass is 16.4. The number of nitrogens with one attached hydrogen (secondary N) is 1. The number of hydrogen-bond acceptors (Lipinski definition) is 3. The minimum absolute atomic E-state index is 0.404. The second-order valence-corrected chi connectivity index (χ2v) is 3.88. The summed E-state index contributed by atoms with van der Waals surface area (Å²) >= 11 is 0. The van der Waals surface area contributed by atoms with E-state index in [1.807, 2.05) is 0 Å². The summed E-state index contributed by atoms with van der Waals surface area (Å²) in [7, 11) is 0. The molecule has 0 aromatic carbocycles. The van der Waals surface area contributed by atoms with Gasteiger partial charge in [-0.1, -0.05) is 0 Å². The van der Waals surface area contributed by atoms with Gasteiger partial charge in [0, 0.05) is 5.54 Å². The van der Waals surface area contributed by atoms with Crippen LogP contribution in [0.2, 0.25) is 0 Å². The van der Waals surface area contributed by atoms with E-state index in [1.165, 1.54) is 0 Å². The van der Waals surface area contributed by atoms with Gasteiger partial charge in [0.2, 0.25) is 0 Å². The van der Waals surface area contributed by atoms with E-state index >= 15 is 0 Å². The summed E-state index contributed by atoms with van der Waals surface area (Å²) in [5, 5.41) is 19.8. The van der Waals surface area contributed by atoms with Crippen LogP contribution in [0, 0.1) is 0 Å². The van der Waals surface area contributed by atoms with Crippen molar-refractivity contribution >= 4 is 11.9 Å². The minimum atomic E-state index is -1.14. The van der Waals surface area contributed by atoms with Crippen LogP contribution in [-0.4, -0.2) is 33.7 Å². The molecule has 5 heteroatoms. The first-order chi connectivity index (χ1) is 5.72. The molecule has 0 fully saturated rings. The van der Waals surface area contributed by atoms with Crippen molar-refractivity contribution in [3.63, 3.8) is 0 Å². The SMILES string of the molecule is CC(C)(C)NC(CC(=O)O)C(=O)O. The lowest BCUT2D eigenvalue weighted by Crippen LogP contribution is -2.48. The molecule has 0 aromatic rings. The van der Waals surface area contributed by atoms with Crippen molar-refractivity contribution in [3.8, 4) is 0 Å². The first kappa shape index (κ1) is 11.9. The van der Waals surface area contributed by atoms with Gasteiger partial charge in [0.15, 0.2) is 0 Å². The molecule has 0 spiro atoms. The molecule has 0 heterocycles. The third kappa shape index (κ3) is 6.10. The third-order valence-corrected chi connectivity index (χ3v) is 1.28. The van der Waals surface area contributed by atoms with Crippen LogP contribution < -0.4 is 5.32 Å². The highest BCUT2D eigenvalue weighted by Crippen LogP contribution is 2.04. The van der Waals surface area contributed by atoms with Gasteiger partial charge in [-0.2, -0.15) is 0 Å². The fourth-order valence-electron chi connectivity index (χ4n) is 0.897. The molecule has 76 valence electrons. The van der Waals surface area contributed by atoms with E-state index in [1.54, 1.807) is 20.8 Å². The summed E-state index contributed by atoms with van der Waals surface area (Å²) in [6.07, 6.45) is -0.410. The zero-order chi connectivity index (χ0) is 10.6. The molecule has 0 radical (unpaired) electrons. The van der Waals surface area contributed by atoms with Crippen molar-refractivity contribution in [2.75, 3.05) is 0 Å². The summed E-state index contributed by atoms with van der Waals surface area (Å²) in [5.74, 6) is -2.26.